The predicted octanol–water partition coefficient (Wildman–Crippen LogP) is 4.82. The maximum Gasteiger partial charge on any atom is 0.161 e. The van der Waals surface area contributed by atoms with Gasteiger partial charge in [0, 0.05) is 18.1 Å². The fourth-order valence-electron chi connectivity index (χ4n) is 3.30. The minimum Gasteiger partial charge on any atom is -0.393 e. The highest BCUT2D eigenvalue weighted by atomic mass is 15.2. The molecule has 0 aliphatic rings. The highest BCUT2D eigenvalue weighted by molar-refractivity contribution is 5.97. The first-order valence-electron chi connectivity index (χ1n) is 9.23. The number of hydrogen-bond donors (Lipinski definition) is 2. The molecule has 2 aromatic heterocycles. The van der Waals surface area contributed by atoms with Crippen molar-refractivity contribution < 1.29 is 0 Å². The zero-order chi connectivity index (χ0) is 19.5. The number of aryl methyl sites for hydroxylation is 1. The van der Waals surface area contributed by atoms with Gasteiger partial charge in [-0.15, -0.1) is 0 Å². The Bertz CT molecular complexity index is 1120. The van der Waals surface area contributed by atoms with E-state index in [0.717, 1.165) is 23.2 Å². The van der Waals surface area contributed by atoms with E-state index in [1.165, 1.54) is 11.7 Å². The third-order valence-electron chi connectivity index (χ3n) is 4.65. The molecule has 2 heterocycles. The van der Waals surface area contributed by atoms with Crippen LogP contribution >= 0.6 is 0 Å². The Morgan fingerprint density at radius 2 is 1.82 bits per heavy atom. The van der Waals surface area contributed by atoms with E-state index in [9.17, 15) is 0 Å². The number of nitrogen functional groups attached to an aromatic ring is 1. The van der Waals surface area contributed by atoms with E-state index in [-0.39, 0.29) is 0 Å². The first kappa shape index (κ1) is 17.7. The summed E-state index contributed by atoms with van der Waals surface area (Å²) in [6.45, 7) is 4.82. The average molecular weight is 370 g/mol. The highest BCUT2D eigenvalue weighted by Crippen LogP contribution is 2.36. The van der Waals surface area contributed by atoms with Crippen LogP contribution in [0.4, 0.5) is 28.8 Å². The summed E-state index contributed by atoms with van der Waals surface area (Å²) in [5, 5.41) is 5.53. The van der Waals surface area contributed by atoms with E-state index in [0.29, 0.717) is 23.1 Å². The zero-order valence-corrected chi connectivity index (χ0v) is 15.9. The minimum absolute atomic E-state index is 0.487. The minimum atomic E-state index is 0.487. The molecule has 0 unspecified atom stereocenters. The number of pyridine rings is 1. The quantitative estimate of drug-likeness (QED) is 0.524. The summed E-state index contributed by atoms with van der Waals surface area (Å²) in [6.07, 6.45) is 3.28. The van der Waals surface area contributed by atoms with Crippen LogP contribution in [0.5, 0.6) is 0 Å². The molecule has 3 N–H and O–H groups in total. The highest BCUT2D eigenvalue weighted by Gasteiger charge is 2.17. The Balaban J connectivity index is 1.77. The Morgan fingerprint density at radius 1 is 1.00 bits per heavy atom. The van der Waals surface area contributed by atoms with Crippen molar-refractivity contribution in [2.75, 3.05) is 22.5 Å². The lowest BCUT2D eigenvalue weighted by Gasteiger charge is -2.25. The number of benzene rings is 2. The first-order valence-corrected chi connectivity index (χ1v) is 9.23. The molecule has 0 saturated heterocycles. The van der Waals surface area contributed by atoms with Gasteiger partial charge in [-0.3, -0.25) is 0 Å². The third kappa shape index (κ3) is 3.32. The normalized spacial score (nSPS) is 10.8. The van der Waals surface area contributed by atoms with Crippen LogP contribution in [0.1, 0.15) is 12.5 Å². The summed E-state index contributed by atoms with van der Waals surface area (Å²) in [4.78, 5) is 15.2. The molecule has 0 spiro atoms. The van der Waals surface area contributed by atoms with Gasteiger partial charge in [-0.25, -0.2) is 15.0 Å². The predicted molar refractivity (Wildman–Crippen MR) is 115 cm³/mol. The van der Waals surface area contributed by atoms with Crippen LogP contribution in [-0.4, -0.2) is 21.5 Å². The lowest BCUT2D eigenvalue weighted by Crippen LogP contribution is -2.20. The van der Waals surface area contributed by atoms with E-state index in [1.807, 2.05) is 37.3 Å². The summed E-state index contributed by atoms with van der Waals surface area (Å²) >= 11 is 0. The van der Waals surface area contributed by atoms with E-state index in [2.05, 4.69) is 56.4 Å². The molecule has 28 heavy (non-hydrogen) atoms. The molecule has 4 aromatic rings. The van der Waals surface area contributed by atoms with Crippen molar-refractivity contribution in [1.82, 2.24) is 15.0 Å². The van der Waals surface area contributed by atoms with E-state index < -0.39 is 0 Å². The third-order valence-corrected chi connectivity index (χ3v) is 4.65. The van der Waals surface area contributed by atoms with Gasteiger partial charge in [-0.05, 0) is 43.0 Å². The molecule has 140 valence electrons. The number of anilines is 5. The number of nitrogens with one attached hydrogen (secondary N) is 1. The number of aromatic nitrogens is 3. The number of rotatable bonds is 5. The largest absolute Gasteiger partial charge is 0.393 e. The Morgan fingerprint density at radius 3 is 2.64 bits per heavy atom. The van der Waals surface area contributed by atoms with Crippen LogP contribution in [0, 0.1) is 6.92 Å². The summed E-state index contributed by atoms with van der Waals surface area (Å²) < 4.78 is 0. The smallest absolute Gasteiger partial charge is 0.161 e. The van der Waals surface area contributed by atoms with Gasteiger partial charge < -0.3 is 16.0 Å². The monoisotopic (exact) mass is 370 g/mol. The summed E-state index contributed by atoms with van der Waals surface area (Å²) in [6, 6.07) is 18.4. The fraction of sp³-hybridized carbons (Fsp3) is 0.136. The second-order valence-electron chi connectivity index (χ2n) is 6.55. The van der Waals surface area contributed by atoms with Crippen LogP contribution < -0.4 is 16.0 Å². The molecule has 0 radical (unpaired) electrons. The molecule has 0 amide bonds. The number of nitrogens with zero attached hydrogens (tertiary/aromatic N) is 4. The van der Waals surface area contributed by atoms with Gasteiger partial charge in [0.25, 0.3) is 0 Å². The standard InChI is InChI=1S/C22H22N6/c1-3-28(18-10-6-8-16-7-4-5-9-17(16)18)22-20(23)21(25-14-26-22)27-19-13-15(2)11-12-24-19/h4-14H,3,23H2,1-2H3,(H,24,25,26,27). The Kier molecular flexibility index (Phi) is 4.76. The van der Waals surface area contributed by atoms with Crippen LogP contribution in [0.15, 0.2) is 67.1 Å². The molecule has 0 bridgehead atoms. The van der Waals surface area contributed by atoms with Gasteiger partial charge >= 0.3 is 0 Å². The molecule has 0 saturated carbocycles. The van der Waals surface area contributed by atoms with Gasteiger partial charge in [0.05, 0.1) is 5.69 Å². The molecule has 0 fully saturated rings. The van der Waals surface area contributed by atoms with Crippen molar-refractivity contribution in [3.63, 3.8) is 0 Å². The maximum absolute atomic E-state index is 6.47. The van der Waals surface area contributed by atoms with Gasteiger partial charge in [0.15, 0.2) is 11.6 Å². The molecule has 0 aliphatic carbocycles. The van der Waals surface area contributed by atoms with Crippen LogP contribution in [0.3, 0.4) is 0 Å². The SMILES string of the molecule is CCN(c1ncnc(Nc2cc(C)ccn2)c1N)c1cccc2ccccc12. The van der Waals surface area contributed by atoms with E-state index in [1.54, 1.807) is 6.20 Å². The van der Waals surface area contributed by atoms with E-state index in [4.69, 9.17) is 5.73 Å². The fourth-order valence-corrected chi connectivity index (χ4v) is 3.30. The van der Waals surface area contributed by atoms with Gasteiger partial charge in [0.1, 0.15) is 17.8 Å². The lowest BCUT2D eigenvalue weighted by molar-refractivity contribution is 0.984. The average Bonchev–Trinajstić information content (AvgIpc) is 2.71. The van der Waals surface area contributed by atoms with Crippen LogP contribution in [0.2, 0.25) is 0 Å². The molecule has 6 nitrogen and oxygen atoms in total. The van der Waals surface area contributed by atoms with Crippen molar-refractivity contribution in [2.24, 2.45) is 0 Å². The van der Waals surface area contributed by atoms with E-state index >= 15 is 0 Å². The number of fused-ring (bicyclic) bond motifs is 1. The summed E-state index contributed by atoms with van der Waals surface area (Å²) in [5.41, 5.74) is 9.13. The van der Waals surface area contributed by atoms with Gasteiger partial charge in [-0.2, -0.15) is 0 Å². The second-order valence-corrected chi connectivity index (χ2v) is 6.55. The van der Waals surface area contributed by atoms with Crippen molar-refractivity contribution in [2.45, 2.75) is 13.8 Å². The van der Waals surface area contributed by atoms with Crippen molar-refractivity contribution in [1.29, 1.82) is 0 Å². The summed E-state index contributed by atoms with van der Waals surface area (Å²) in [7, 11) is 0. The van der Waals surface area contributed by atoms with Crippen LogP contribution in [0.25, 0.3) is 10.8 Å². The lowest BCUT2D eigenvalue weighted by atomic mass is 10.1. The Labute approximate surface area is 164 Å². The zero-order valence-electron chi connectivity index (χ0n) is 15.9. The summed E-state index contributed by atoms with van der Waals surface area (Å²) in [5.74, 6) is 1.91. The van der Waals surface area contributed by atoms with Crippen molar-refractivity contribution in [3.05, 3.63) is 72.7 Å². The molecular formula is C22H22N6. The van der Waals surface area contributed by atoms with Gasteiger partial charge in [-0.1, -0.05) is 36.4 Å². The molecule has 6 heteroatoms. The van der Waals surface area contributed by atoms with Gasteiger partial charge in [0.2, 0.25) is 0 Å². The van der Waals surface area contributed by atoms with Crippen molar-refractivity contribution in [3.8, 4) is 0 Å². The number of nitrogens with two attached hydrogens (primary N) is 1. The van der Waals surface area contributed by atoms with Crippen LogP contribution in [-0.2, 0) is 0 Å². The number of hydrogen-bond acceptors (Lipinski definition) is 6. The first-order chi connectivity index (χ1) is 13.7. The second kappa shape index (κ2) is 7.52. The molecule has 0 aliphatic heterocycles. The Hall–Kier alpha value is -3.67. The maximum atomic E-state index is 6.47. The topological polar surface area (TPSA) is 80.0 Å². The molecular weight excluding hydrogens is 348 g/mol. The molecule has 0 atom stereocenters. The van der Waals surface area contributed by atoms with Crippen molar-refractivity contribution >= 4 is 39.6 Å². The molecule has 4 rings (SSSR count). The molecule has 2 aromatic carbocycles.